The molecule has 4 nitrogen and oxygen atoms in total. The summed E-state index contributed by atoms with van der Waals surface area (Å²) in [6.45, 7) is 12.8. The number of allylic oxidation sites excluding steroid dienone is 1. The van der Waals surface area contributed by atoms with Crippen LogP contribution in [0.1, 0.15) is 55.4 Å². The Balaban J connectivity index is 1.52. The van der Waals surface area contributed by atoms with E-state index in [1.54, 1.807) is 6.92 Å². The van der Waals surface area contributed by atoms with Gasteiger partial charge in [-0.25, -0.2) is 4.98 Å². The van der Waals surface area contributed by atoms with Crippen molar-refractivity contribution in [3.63, 3.8) is 0 Å². The molecule has 2 heterocycles. The van der Waals surface area contributed by atoms with Crippen LogP contribution in [-0.4, -0.2) is 42.0 Å². The summed E-state index contributed by atoms with van der Waals surface area (Å²) >= 11 is 1.32. The maximum Gasteiger partial charge on any atom is 0.416 e. The molecule has 4 rings (SSSR count). The Morgan fingerprint density at radius 1 is 1.14 bits per heavy atom. The molecule has 1 aliphatic rings. The van der Waals surface area contributed by atoms with Crippen LogP contribution in [0.15, 0.2) is 43.0 Å². The molecule has 0 radical (unpaired) electrons. The standard InChI is InChI=1S/C29H34F3N3OS/c1-19(2)25-7-5-23(17-20(25)3)12-16-35(15-11-22-9-13-34(14-10-22)21(4)36)28-33-26-8-6-24(29(30,31)32)18-27(26)37-28/h5-8,17-18,22H,1,9-16H2,2-4H3. The van der Waals surface area contributed by atoms with Crippen molar-refractivity contribution in [2.45, 2.75) is 52.6 Å². The van der Waals surface area contributed by atoms with E-state index < -0.39 is 11.7 Å². The number of fused-ring (bicyclic) bond motifs is 1. The second-order valence-electron chi connectivity index (χ2n) is 10.1. The van der Waals surface area contributed by atoms with Gasteiger partial charge in [-0.1, -0.05) is 41.7 Å². The molecule has 0 atom stereocenters. The second-order valence-corrected chi connectivity index (χ2v) is 11.1. The number of hydrogen-bond donors (Lipinski definition) is 0. The number of carbonyl (C=O) groups is 1. The van der Waals surface area contributed by atoms with Crippen LogP contribution >= 0.6 is 11.3 Å². The number of nitrogens with zero attached hydrogens (tertiary/aromatic N) is 3. The van der Waals surface area contributed by atoms with Gasteiger partial charge in [0.1, 0.15) is 0 Å². The van der Waals surface area contributed by atoms with Gasteiger partial charge in [0.15, 0.2) is 5.13 Å². The minimum absolute atomic E-state index is 0.126. The van der Waals surface area contributed by atoms with Crippen LogP contribution < -0.4 is 4.90 Å². The van der Waals surface area contributed by atoms with Crippen LogP contribution in [-0.2, 0) is 17.4 Å². The molecule has 3 aromatic rings. The number of anilines is 1. The van der Waals surface area contributed by atoms with Crippen LogP contribution in [0.25, 0.3) is 15.8 Å². The summed E-state index contributed by atoms with van der Waals surface area (Å²) in [6.07, 6.45) is -0.652. The average molecular weight is 530 g/mol. The molecule has 0 unspecified atom stereocenters. The molecule has 2 aromatic carbocycles. The van der Waals surface area contributed by atoms with Gasteiger partial charge in [0.2, 0.25) is 5.91 Å². The molecule has 1 amide bonds. The number of likely N-dealkylation sites (tertiary alicyclic amines) is 1. The van der Waals surface area contributed by atoms with Crippen LogP contribution in [0, 0.1) is 12.8 Å². The number of carbonyl (C=O) groups excluding carboxylic acids is 1. The van der Waals surface area contributed by atoms with Crippen molar-refractivity contribution in [2.24, 2.45) is 5.92 Å². The molecule has 0 aliphatic carbocycles. The molecule has 8 heteroatoms. The van der Waals surface area contributed by atoms with E-state index in [4.69, 9.17) is 4.98 Å². The number of rotatable bonds is 8. The van der Waals surface area contributed by atoms with Crippen molar-refractivity contribution in [3.05, 3.63) is 65.2 Å². The topological polar surface area (TPSA) is 36.4 Å². The lowest BCUT2D eigenvalue weighted by atomic mass is 9.93. The lowest BCUT2D eigenvalue weighted by molar-refractivity contribution is -0.137. The van der Waals surface area contributed by atoms with E-state index >= 15 is 0 Å². The Morgan fingerprint density at radius 2 is 1.86 bits per heavy atom. The van der Waals surface area contributed by atoms with Crippen LogP contribution in [0.3, 0.4) is 0 Å². The SMILES string of the molecule is C=C(C)c1ccc(CCN(CCC2CCN(C(C)=O)CC2)c2nc3ccc(C(F)(F)F)cc3s2)cc1C. The number of aryl methyl sites for hydroxylation is 1. The number of benzene rings is 2. The van der Waals surface area contributed by atoms with E-state index in [2.05, 4.69) is 36.6 Å². The zero-order valence-corrected chi connectivity index (χ0v) is 22.5. The minimum Gasteiger partial charge on any atom is -0.348 e. The van der Waals surface area contributed by atoms with Gasteiger partial charge in [0.25, 0.3) is 0 Å². The van der Waals surface area contributed by atoms with Gasteiger partial charge in [0.05, 0.1) is 15.8 Å². The van der Waals surface area contributed by atoms with E-state index in [1.807, 2.05) is 11.8 Å². The molecule has 1 aromatic heterocycles. The first-order chi connectivity index (χ1) is 17.5. The Hall–Kier alpha value is -2.87. The van der Waals surface area contributed by atoms with Crippen molar-refractivity contribution in [2.75, 3.05) is 31.1 Å². The fourth-order valence-electron chi connectivity index (χ4n) is 5.03. The maximum atomic E-state index is 13.2. The highest BCUT2D eigenvalue weighted by atomic mass is 32.1. The first-order valence-corrected chi connectivity index (χ1v) is 13.6. The molecule has 0 spiro atoms. The maximum absolute atomic E-state index is 13.2. The molecule has 198 valence electrons. The fraction of sp³-hybridized carbons (Fsp3) is 0.448. The Bertz CT molecular complexity index is 1280. The second kappa shape index (κ2) is 11.3. The van der Waals surface area contributed by atoms with Gasteiger partial charge in [-0.15, -0.1) is 0 Å². The highest BCUT2D eigenvalue weighted by molar-refractivity contribution is 7.22. The number of hydrogen-bond acceptors (Lipinski definition) is 4. The largest absolute Gasteiger partial charge is 0.416 e. The van der Waals surface area contributed by atoms with Gasteiger partial charge in [-0.3, -0.25) is 4.79 Å². The molecule has 37 heavy (non-hydrogen) atoms. The van der Waals surface area contributed by atoms with E-state index in [1.165, 1.54) is 34.6 Å². The van der Waals surface area contributed by atoms with Crippen molar-refractivity contribution in [1.82, 2.24) is 9.88 Å². The lowest BCUT2D eigenvalue weighted by Gasteiger charge is -2.32. The summed E-state index contributed by atoms with van der Waals surface area (Å²) in [5.74, 6) is 0.641. The van der Waals surface area contributed by atoms with E-state index in [0.29, 0.717) is 16.1 Å². The minimum atomic E-state index is -4.37. The van der Waals surface area contributed by atoms with Gasteiger partial charge >= 0.3 is 6.18 Å². The van der Waals surface area contributed by atoms with Gasteiger partial charge in [-0.05, 0) is 80.3 Å². The summed E-state index contributed by atoms with van der Waals surface area (Å²) < 4.78 is 40.3. The number of thiazole rings is 1. The third kappa shape index (κ3) is 6.72. The normalized spacial score (nSPS) is 14.8. The Labute approximate surface area is 220 Å². The van der Waals surface area contributed by atoms with E-state index in [0.717, 1.165) is 74.2 Å². The highest BCUT2D eigenvalue weighted by Crippen LogP contribution is 2.36. The third-order valence-electron chi connectivity index (χ3n) is 7.26. The predicted molar refractivity (Wildman–Crippen MR) is 146 cm³/mol. The quantitative estimate of drug-likeness (QED) is 0.306. The highest BCUT2D eigenvalue weighted by Gasteiger charge is 2.31. The first-order valence-electron chi connectivity index (χ1n) is 12.7. The van der Waals surface area contributed by atoms with Gasteiger partial charge in [-0.2, -0.15) is 13.2 Å². The third-order valence-corrected chi connectivity index (χ3v) is 8.34. The van der Waals surface area contributed by atoms with Crippen LogP contribution in [0.2, 0.25) is 0 Å². The number of aromatic nitrogens is 1. The molecule has 1 fully saturated rings. The van der Waals surface area contributed by atoms with Crippen molar-refractivity contribution < 1.29 is 18.0 Å². The molecule has 0 N–H and O–H groups in total. The number of halogens is 3. The van der Waals surface area contributed by atoms with Crippen LogP contribution in [0.5, 0.6) is 0 Å². The average Bonchev–Trinajstić information content (AvgIpc) is 3.27. The molecule has 0 bridgehead atoms. The van der Waals surface area contributed by atoms with E-state index in [-0.39, 0.29) is 5.91 Å². The summed E-state index contributed by atoms with van der Waals surface area (Å²) in [4.78, 5) is 20.5. The molecule has 1 aliphatic heterocycles. The molecular formula is C29H34F3N3OS. The van der Waals surface area contributed by atoms with E-state index in [9.17, 15) is 18.0 Å². The molecule has 0 saturated carbocycles. The first kappa shape index (κ1) is 27.2. The molecule has 1 saturated heterocycles. The van der Waals surface area contributed by atoms with Crippen LogP contribution in [0.4, 0.5) is 18.3 Å². The number of alkyl halides is 3. The Morgan fingerprint density at radius 3 is 2.49 bits per heavy atom. The van der Waals surface area contributed by atoms with Gasteiger partial charge in [0, 0.05) is 33.1 Å². The summed E-state index contributed by atoms with van der Waals surface area (Å²) in [5, 5.41) is 0.755. The molecular weight excluding hydrogens is 495 g/mol. The Kier molecular flexibility index (Phi) is 8.26. The lowest BCUT2D eigenvalue weighted by Crippen LogP contribution is -2.38. The zero-order valence-electron chi connectivity index (χ0n) is 21.7. The number of amides is 1. The van der Waals surface area contributed by atoms with Crippen molar-refractivity contribution in [3.8, 4) is 0 Å². The fourth-order valence-corrected chi connectivity index (χ4v) is 6.08. The van der Waals surface area contributed by atoms with Gasteiger partial charge < -0.3 is 9.80 Å². The van der Waals surface area contributed by atoms with Crippen molar-refractivity contribution in [1.29, 1.82) is 0 Å². The summed E-state index contributed by atoms with van der Waals surface area (Å²) in [5.41, 5.74) is 4.54. The van der Waals surface area contributed by atoms with Crippen molar-refractivity contribution >= 4 is 38.2 Å². The smallest absolute Gasteiger partial charge is 0.348 e. The summed E-state index contributed by atoms with van der Waals surface area (Å²) in [6, 6.07) is 10.2. The zero-order chi connectivity index (χ0) is 26.7. The predicted octanol–water partition coefficient (Wildman–Crippen LogP) is 7.35. The number of piperidine rings is 1. The monoisotopic (exact) mass is 529 g/mol. The summed E-state index contributed by atoms with van der Waals surface area (Å²) in [7, 11) is 0.